The Morgan fingerprint density at radius 3 is 2.73 bits per heavy atom. The molecular formula is C24H30N4O2. The minimum atomic E-state index is -0.0896. The number of rotatable bonds is 8. The number of likely N-dealkylation sites (tertiary alicyclic amines) is 1. The number of pyridine rings is 1. The molecule has 2 aromatic heterocycles. The number of aromatic amines is 1. The summed E-state index contributed by atoms with van der Waals surface area (Å²) < 4.78 is 5.03. The summed E-state index contributed by atoms with van der Waals surface area (Å²) in [7, 11) is 1.66. The summed E-state index contributed by atoms with van der Waals surface area (Å²) in [5.74, 6) is -0.0896. The second kappa shape index (κ2) is 9.87. The molecule has 1 amide bonds. The predicted octanol–water partition coefficient (Wildman–Crippen LogP) is 3.98. The highest BCUT2D eigenvalue weighted by atomic mass is 16.5. The molecule has 0 saturated carbocycles. The molecule has 1 aliphatic heterocycles. The molecule has 6 nitrogen and oxygen atoms in total. The summed E-state index contributed by atoms with van der Waals surface area (Å²) in [4.78, 5) is 22.7. The van der Waals surface area contributed by atoms with E-state index in [-0.39, 0.29) is 5.91 Å². The molecule has 1 aromatic carbocycles. The van der Waals surface area contributed by atoms with Gasteiger partial charge in [-0.25, -0.2) is 4.98 Å². The highest BCUT2D eigenvalue weighted by Crippen LogP contribution is 2.25. The van der Waals surface area contributed by atoms with Crippen LogP contribution in [0.1, 0.15) is 41.6 Å². The first-order valence-corrected chi connectivity index (χ1v) is 10.8. The zero-order valence-corrected chi connectivity index (χ0v) is 17.6. The number of fused-ring (bicyclic) bond motifs is 1. The summed E-state index contributed by atoms with van der Waals surface area (Å²) in [6, 6.07) is 10.8. The maximum absolute atomic E-state index is 12.6. The van der Waals surface area contributed by atoms with Crippen molar-refractivity contribution in [3.63, 3.8) is 0 Å². The molecule has 2 N–H and O–H groups in total. The number of carbonyl (C=O) groups excluding carboxylic acids is 1. The molecule has 0 spiro atoms. The molecule has 158 valence electrons. The van der Waals surface area contributed by atoms with Gasteiger partial charge in [0.25, 0.3) is 5.91 Å². The summed E-state index contributed by atoms with van der Waals surface area (Å²) >= 11 is 0. The molecule has 0 unspecified atom stereocenters. The van der Waals surface area contributed by atoms with E-state index in [0.717, 1.165) is 35.1 Å². The molecule has 30 heavy (non-hydrogen) atoms. The summed E-state index contributed by atoms with van der Waals surface area (Å²) in [5.41, 5.74) is 4.81. The predicted molar refractivity (Wildman–Crippen MR) is 119 cm³/mol. The highest BCUT2D eigenvalue weighted by molar-refractivity contribution is 6.06. The van der Waals surface area contributed by atoms with Crippen molar-refractivity contribution in [2.75, 3.05) is 33.4 Å². The van der Waals surface area contributed by atoms with Gasteiger partial charge in [0.15, 0.2) is 0 Å². The minimum absolute atomic E-state index is 0.0896. The zero-order valence-electron chi connectivity index (χ0n) is 17.6. The largest absolute Gasteiger partial charge is 0.385 e. The lowest BCUT2D eigenvalue weighted by Crippen LogP contribution is -2.28. The van der Waals surface area contributed by atoms with Gasteiger partial charge in [-0.3, -0.25) is 9.69 Å². The lowest BCUT2D eigenvalue weighted by Gasteiger charge is -2.26. The lowest BCUT2D eigenvalue weighted by molar-refractivity contribution is 0.0950. The number of hydrogen-bond donors (Lipinski definition) is 2. The van der Waals surface area contributed by atoms with Crippen LogP contribution in [0.3, 0.4) is 0 Å². The molecule has 3 aromatic rings. The quantitative estimate of drug-likeness (QED) is 0.555. The van der Waals surface area contributed by atoms with Crippen LogP contribution < -0.4 is 5.32 Å². The van der Waals surface area contributed by atoms with Crippen LogP contribution in [0.2, 0.25) is 0 Å². The Labute approximate surface area is 177 Å². The standard InChI is InChI=1S/C24H30N4O2/c1-30-13-5-10-25-24(29)22-16-27-23-21(22)14-20(15-26-23)19-8-6-18(7-9-19)17-28-11-3-2-4-12-28/h6-9,14-16H,2-5,10-13,17H2,1H3,(H,25,29)(H,26,27). The number of piperidine rings is 1. The Morgan fingerprint density at radius 1 is 1.17 bits per heavy atom. The van der Waals surface area contributed by atoms with E-state index < -0.39 is 0 Å². The number of benzene rings is 1. The Hall–Kier alpha value is -2.70. The van der Waals surface area contributed by atoms with Crippen molar-refractivity contribution in [3.8, 4) is 11.1 Å². The molecule has 0 atom stereocenters. The average Bonchev–Trinajstić information content (AvgIpc) is 3.21. The van der Waals surface area contributed by atoms with Crippen LogP contribution in [-0.2, 0) is 11.3 Å². The third kappa shape index (κ3) is 4.89. The molecular weight excluding hydrogens is 376 g/mol. The van der Waals surface area contributed by atoms with E-state index in [4.69, 9.17) is 4.74 Å². The van der Waals surface area contributed by atoms with Gasteiger partial charge in [-0.05, 0) is 49.5 Å². The first-order valence-electron chi connectivity index (χ1n) is 10.8. The maximum atomic E-state index is 12.6. The molecule has 0 aliphatic carbocycles. The Morgan fingerprint density at radius 2 is 1.97 bits per heavy atom. The van der Waals surface area contributed by atoms with E-state index in [1.807, 2.05) is 12.3 Å². The van der Waals surface area contributed by atoms with Crippen molar-refractivity contribution in [1.29, 1.82) is 0 Å². The number of methoxy groups -OCH3 is 1. The number of hydrogen-bond acceptors (Lipinski definition) is 4. The first-order chi connectivity index (χ1) is 14.7. The third-order valence-corrected chi connectivity index (χ3v) is 5.73. The van der Waals surface area contributed by atoms with Crippen molar-refractivity contribution >= 4 is 16.9 Å². The molecule has 1 aliphatic rings. The van der Waals surface area contributed by atoms with E-state index in [1.54, 1.807) is 13.3 Å². The van der Waals surface area contributed by atoms with Crippen LogP contribution in [0.4, 0.5) is 0 Å². The fourth-order valence-electron chi connectivity index (χ4n) is 4.04. The van der Waals surface area contributed by atoms with Gasteiger partial charge in [-0.1, -0.05) is 30.7 Å². The first kappa shape index (κ1) is 20.6. The van der Waals surface area contributed by atoms with Crippen molar-refractivity contribution in [3.05, 3.63) is 53.9 Å². The zero-order chi connectivity index (χ0) is 20.8. The van der Waals surface area contributed by atoms with Crippen LogP contribution in [0.25, 0.3) is 22.2 Å². The van der Waals surface area contributed by atoms with Crippen LogP contribution in [0, 0.1) is 0 Å². The Kier molecular flexibility index (Phi) is 6.77. The van der Waals surface area contributed by atoms with Crippen LogP contribution >= 0.6 is 0 Å². The van der Waals surface area contributed by atoms with Gasteiger partial charge in [0.05, 0.1) is 5.56 Å². The summed E-state index contributed by atoms with van der Waals surface area (Å²) in [5, 5.41) is 3.79. The number of aromatic nitrogens is 2. The van der Waals surface area contributed by atoms with E-state index in [9.17, 15) is 4.79 Å². The average molecular weight is 407 g/mol. The van der Waals surface area contributed by atoms with Crippen LogP contribution in [0.5, 0.6) is 0 Å². The van der Waals surface area contributed by atoms with Crippen LogP contribution in [0.15, 0.2) is 42.7 Å². The monoisotopic (exact) mass is 406 g/mol. The number of carbonyl (C=O) groups is 1. The van der Waals surface area contributed by atoms with E-state index in [0.29, 0.717) is 18.7 Å². The number of nitrogens with one attached hydrogen (secondary N) is 2. The topological polar surface area (TPSA) is 70.2 Å². The molecule has 1 saturated heterocycles. The third-order valence-electron chi connectivity index (χ3n) is 5.73. The summed E-state index contributed by atoms with van der Waals surface area (Å²) in [6.45, 7) is 4.64. The smallest absolute Gasteiger partial charge is 0.253 e. The molecule has 6 heteroatoms. The van der Waals surface area contributed by atoms with E-state index >= 15 is 0 Å². The van der Waals surface area contributed by atoms with Crippen molar-refractivity contribution in [2.45, 2.75) is 32.2 Å². The van der Waals surface area contributed by atoms with Crippen molar-refractivity contribution in [2.24, 2.45) is 0 Å². The summed E-state index contributed by atoms with van der Waals surface area (Å²) in [6.07, 6.45) is 8.36. The van der Waals surface area contributed by atoms with E-state index in [1.165, 1.54) is 37.9 Å². The number of H-pyrrole nitrogens is 1. The highest BCUT2D eigenvalue weighted by Gasteiger charge is 2.14. The van der Waals surface area contributed by atoms with Gasteiger partial charge >= 0.3 is 0 Å². The molecule has 3 heterocycles. The number of ether oxygens (including phenoxy) is 1. The van der Waals surface area contributed by atoms with Gasteiger partial charge < -0.3 is 15.0 Å². The normalized spacial score (nSPS) is 14.8. The Balaban J connectivity index is 1.48. The maximum Gasteiger partial charge on any atom is 0.253 e. The van der Waals surface area contributed by atoms with Crippen molar-refractivity contribution in [1.82, 2.24) is 20.2 Å². The van der Waals surface area contributed by atoms with Gasteiger partial charge in [0.1, 0.15) is 5.65 Å². The van der Waals surface area contributed by atoms with Gasteiger partial charge in [-0.2, -0.15) is 0 Å². The fourth-order valence-corrected chi connectivity index (χ4v) is 4.04. The van der Waals surface area contributed by atoms with Gasteiger partial charge in [-0.15, -0.1) is 0 Å². The second-order valence-electron chi connectivity index (χ2n) is 7.96. The second-order valence-corrected chi connectivity index (χ2v) is 7.96. The van der Waals surface area contributed by atoms with Gasteiger partial charge in [0, 0.05) is 50.1 Å². The minimum Gasteiger partial charge on any atom is -0.385 e. The lowest BCUT2D eigenvalue weighted by atomic mass is 10.0. The molecule has 1 fully saturated rings. The van der Waals surface area contributed by atoms with Crippen LogP contribution in [-0.4, -0.2) is 54.1 Å². The Bertz CT molecular complexity index is 975. The molecule has 4 rings (SSSR count). The van der Waals surface area contributed by atoms with E-state index in [2.05, 4.69) is 44.5 Å². The number of nitrogens with zero attached hydrogens (tertiary/aromatic N) is 2. The molecule has 0 bridgehead atoms. The van der Waals surface area contributed by atoms with Crippen molar-refractivity contribution < 1.29 is 9.53 Å². The fraction of sp³-hybridized carbons (Fsp3) is 0.417. The number of amides is 1. The molecule has 0 radical (unpaired) electrons. The SMILES string of the molecule is COCCCNC(=O)c1c[nH]c2ncc(-c3ccc(CN4CCCCC4)cc3)cc12. The van der Waals surface area contributed by atoms with Gasteiger partial charge in [0.2, 0.25) is 0 Å².